The number of benzene rings is 2. The van der Waals surface area contributed by atoms with Crippen LogP contribution in [0.15, 0.2) is 69.8 Å². The molecule has 0 bridgehead atoms. The van der Waals surface area contributed by atoms with Gasteiger partial charge in [-0.2, -0.15) is 0 Å². The van der Waals surface area contributed by atoms with Gasteiger partial charge in [-0.25, -0.2) is 9.79 Å². The van der Waals surface area contributed by atoms with Crippen molar-refractivity contribution in [3.8, 4) is 5.75 Å². The highest BCUT2D eigenvalue weighted by molar-refractivity contribution is 8.18. The second-order valence-electron chi connectivity index (χ2n) is 5.64. The molecule has 2 N–H and O–H groups in total. The molecule has 0 aliphatic carbocycles. The third-order valence-corrected chi connectivity index (χ3v) is 4.76. The van der Waals surface area contributed by atoms with Gasteiger partial charge < -0.3 is 14.9 Å². The molecule has 0 spiro atoms. The number of methoxy groups -OCH3 is 1. The summed E-state index contributed by atoms with van der Waals surface area (Å²) in [6.07, 6.45) is 1.62. The lowest BCUT2D eigenvalue weighted by Gasteiger charge is -2.02. The van der Waals surface area contributed by atoms with Gasteiger partial charge in [0.25, 0.3) is 0 Å². The summed E-state index contributed by atoms with van der Waals surface area (Å²) in [5, 5.41) is 21.0. The van der Waals surface area contributed by atoms with Crippen molar-refractivity contribution in [2.75, 3.05) is 7.11 Å². The molecule has 0 saturated carbocycles. The Morgan fingerprint density at radius 1 is 1.15 bits per heavy atom. The van der Waals surface area contributed by atoms with Gasteiger partial charge in [-0.1, -0.05) is 42.1 Å². The van der Waals surface area contributed by atoms with Crippen molar-refractivity contribution < 1.29 is 19.7 Å². The lowest BCUT2D eigenvalue weighted by molar-refractivity contribution is -0.135. The van der Waals surface area contributed by atoms with Gasteiger partial charge in [-0.15, -0.1) is 0 Å². The number of aromatic hydroxyl groups is 1. The Morgan fingerprint density at radius 3 is 2.54 bits per heavy atom. The Balaban J connectivity index is 2.06. The third-order valence-electron chi connectivity index (χ3n) is 3.74. The molecule has 0 fully saturated rings. The van der Waals surface area contributed by atoms with Crippen LogP contribution in [0, 0.1) is 6.92 Å². The summed E-state index contributed by atoms with van der Waals surface area (Å²) in [7, 11) is 1.25. The minimum Gasteiger partial charge on any atom is -0.507 e. The smallest absolute Gasteiger partial charge is 0.344 e. The van der Waals surface area contributed by atoms with Crippen molar-refractivity contribution in [2.45, 2.75) is 6.92 Å². The van der Waals surface area contributed by atoms with Crippen LogP contribution in [0.3, 0.4) is 0 Å². The second kappa shape index (κ2) is 7.49. The van der Waals surface area contributed by atoms with E-state index in [1.807, 2.05) is 31.2 Å². The number of thioether (sulfide) groups is 1. The molecule has 3 rings (SSSR count). The predicted molar refractivity (Wildman–Crippen MR) is 104 cm³/mol. The first-order valence-electron chi connectivity index (χ1n) is 7.85. The van der Waals surface area contributed by atoms with E-state index in [-0.39, 0.29) is 17.1 Å². The number of ether oxygens (including phenoxy) is 1. The van der Waals surface area contributed by atoms with Crippen molar-refractivity contribution in [3.63, 3.8) is 0 Å². The Hall–Kier alpha value is -2.99. The molecular formula is C20H17NO4S. The van der Waals surface area contributed by atoms with E-state index in [1.54, 1.807) is 30.3 Å². The highest BCUT2D eigenvalue weighted by atomic mass is 32.2. The second-order valence-corrected chi connectivity index (χ2v) is 6.67. The van der Waals surface area contributed by atoms with E-state index in [1.165, 1.54) is 7.11 Å². The van der Waals surface area contributed by atoms with Gasteiger partial charge >= 0.3 is 5.97 Å². The lowest BCUT2D eigenvalue weighted by Crippen LogP contribution is -2.10. The van der Waals surface area contributed by atoms with Crippen molar-refractivity contribution in [2.24, 2.45) is 4.99 Å². The first-order chi connectivity index (χ1) is 12.5. The number of hydrogen-bond donors (Lipinski definition) is 2. The zero-order chi connectivity index (χ0) is 18.7. The number of aliphatic hydroxyl groups excluding tert-OH is 1. The summed E-state index contributed by atoms with van der Waals surface area (Å²) in [6, 6.07) is 14.4. The summed E-state index contributed by atoms with van der Waals surface area (Å²) in [5.74, 6) is -0.781. The highest BCUT2D eigenvalue weighted by Gasteiger charge is 2.33. The number of phenols is 1. The molecule has 1 aliphatic heterocycles. The molecule has 2 aromatic rings. The summed E-state index contributed by atoms with van der Waals surface area (Å²) < 4.78 is 4.78. The molecule has 132 valence electrons. The van der Waals surface area contributed by atoms with Crippen molar-refractivity contribution >= 4 is 34.5 Å². The monoisotopic (exact) mass is 367 g/mol. The molecule has 0 unspecified atom stereocenters. The number of carbonyl (C=O) groups excluding carboxylic acids is 1. The van der Waals surface area contributed by atoms with Crippen LogP contribution >= 0.6 is 11.8 Å². The van der Waals surface area contributed by atoms with E-state index in [9.17, 15) is 15.0 Å². The van der Waals surface area contributed by atoms with Gasteiger partial charge in [0.15, 0.2) is 0 Å². The SMILES string of the molecule is COC(=O)C1=C(O)/C(=C\c2ccc(C)cc2O)SC1=Nc1ccccc1. The normalized spacial score (nSPS) is 17.2. The maximum atomic E-state index is 12.1. The average Bonchev–Trinajstić information content (AvgIpc) is 2.93. The van der Waals surface area contributed by atoms with Gasteiger partial charge in [0.05, 0.1) is 17.7 Å². The molecule has 6 heteroatoms. The first-order valence-corrected chi connectivity index (χ1v) is 8.66. The van der Waals surface area contributed by atoms with E-state index in [0.29, 0.717) is 21.2 Å². The highest BCUT2D eigenvalue weighted by Crippen LogP contribution is 2.40. The van der Waals surface area contributed by atoms with Crippen LogP contribution in [0.5, 0.6) is 5.75 Å². The van der Waals surface area contributed by atoms with Crippen LogP contribution in [-0.2, 0) is 9.53 Å². The summed E-state index contributed by atoms with van der Waals surface area (Å²) in [6.45, 7) is 1.87. The van der Waals surface area contributed by atoms with Gasteiger partial charge in [0.1, 0.15) is 22.1 Å². The van der Waals surface area contributed by atoms with E-state index >= 15 is 0 Å². The molecule has 26 heavy (non-hydrogen) atoms. The number of aryl methyl sites for hydroxylation is 1. The number of para-hydroxylation sites is 1. The average molecular weight is 367 g/mol. The standard InChI is InChI=1S/C20H17NO4S/c1-12-8-9-13(15(22)10-12)11-16-18(23)17(20(24)25-2)19(26-16)21-14-6-4-3-5-7-14/h3-11,22-23H,1-2H3/b16-11+,21-19?. The zero-order valence-electron chi connectivity index (χ0n) is 14.3. The fourth-order valence-corrected chi connectivity index (χ4v) is 3.45. The maximum absolute atomic E-state index is 12.1. The van der Waals surface area contributed by atoms with Crippen LogP contribution in [0.1, 0.15) is 11.1 Å². The number of phenolic OH excluding ortho intramolecular Hbond substituents is 1. The van der Waals surface area contributed by atoms with Gasteiger partial charge in [-0.05, 0) is 36.8 Å². The summed E-state index contributed by atoms with van der Waals surface area (Å²) in [4.78, 5) is 17.0. The Morgan fingerprint density at radius 2 is 1.88 bits per heavy atom. The number of carbonyl (C=O) groups is 1. The van der Waals surface area contributed by atoms with E-state index in [0.717, 1.165) is 17.3 Å². The van der Waals surface area contributed by atoms with Crippen molar-refractivity contribution in [3.05, 3.63) is 75.9 Å². The molecule has 2 aromatic carbocycles. The minimum atomic E-state index is -0.666. The fraction of sp³-hybridized carbons (Fsp3) is 0.100. The molecule has 0 saturated heterocycles. The van der Waals surface area contributed by atoms with Crippen molar-refractivity contribution in [1.29, 1.82) is 0 Å². The topological polar surface area (TPSA) is 79.1 Å². The lowest BCUT2D eigenvalue weighted by atomic mass is 10.1. The summed E-state index contributed by atoms with van der Waals surface area (Å²) in [5.41, 5.74) is 2.13. The number of esters is 1. The van der Waals surface area contributed by atoms with E-state index in [4.69, 9.17) is 4.74 Å². The molecule has 1 heterocycles. The molecule has 1 aliphatic rings. The van der Waals surface area contributed by atoms with Gasteiger partial charge in [0, 0.05) is 5.56 Å². The number of hydrogen-bond acceptors (Lipinski definition) is 6. The molecule has 5 nitrogen and oxygen atoms in total. The van der Waals surface area contributed by atoms with Crippen molar-refractivity contribution in [1.82, 2.24) is 0 Å². The largest absolute Gasteiger partial charge is 0.507 e. The van der Waals surface area contributed by atoms with E-state index in [2.05, 4.69) is 4.99 Å². The fourth-order valence-electron chi connectivity index (χ4n) is 2.43. The number of rotatable bonds is 3. The molecule has 0 amide bonds. The van der Waals surface area contributed by atoms with E-state index < -0.39 is 5.97 Å². The van der Waals surface area contributed by atoms with Crippen LogP contribution in [0.4, 0.5) is 5.69 Å². The molecular weight excluding hydrogens is 350 g/mol. The number of aliphatic imine (C=N–C) groups is 1. The first kappa shape index (κ1) is 17.8. The molecule has 0 atom stereocenters. The third kappa shape index (κ3) is 3.65. The van der Waals surface area contributed by atoms with Crippen LogP contribution in [-0.4, -0.2) is 28.3 Å². The Bertz CT molecular complexity index is 946. The molecule has 0 aromatic heterocycles. The van der Waals surface area contributed by atoms with Crippen LogP contribution in [0.2, 0.25) is 0 Å². The predicted octanol–water partition coefficient (Wildman–Crippen LogP) is 4.50. The van der Waals surface area contributed by atoms with Gasteiger partial charge in [0.2, 0.25) is 0 Å². The zero-order valence-corrected chi connectivity index (χ0v) is 15.1. The Labute approximate surface area is 155 Å². The van der Waals surface area contributed by atoms with Gasteiger partial charge in [-0.3, -0.25) is 0 Å². The quantitative estimate of drug-likeness (QED) is 0.781. The number of aliphatic hydroxyl groups is 1. The Kier molecular flexibility index (Phi) is 5.14. The maximum Gasteiger partial charge on any atom is 0.344 e. The minimum absolute atomic E-state index is 0.0132. The molecule has 0 radical (unpaired) electrons. The van der Waals surface area contributed by atoms with Crippen LogP contribution < -0.4 is 0 Å². The van der Waals surface area contributed by atoms with Crippen LogP contribution in [0.25, 0.3) is 6.08 Å². The number of nitrogens with zero attached hydrogens (tertiary/aromatic N) is 1. The summed E-state index contributed by atoms with van der Waals surface area (Å²) >= 11 is 1.15.